The highest BCUT2D eigenvalue weighted by Crippen LogP contribution is 2.59. The summed E-state index contributed by atoms with van der Waals surface area (Å²) in [5.41, 5.74) is -0.530. The number of amides is 3. The van der Waals surface area contributed by atoms with Crippen LogP contribution >= 0.6 is 0 Å². The Morgan fingerprint density at radius 2 is 1.87 bits per heavy atom. The first kappa shape index (κ1) is 35.4. The third-order valence-electron chi connectivity index (χ3n) is 10.1. The molecule has 46 heavy (non-hydrogen) atoms. The Labute approximate surface area is 273 Å². The van der Waals surface area contributed by atoms with Crippen molar-refractivity contribution in [3.05, 3.63) is 61.2 Å². The van der Waals surface area contributed by atoms with Crippen molar-refractivity contribution >= 4 is 23.7 Å². The summed E-state index contributed by atoms with van der Waals surface area (Å²) in [6.07, 6.45) is 4.27. The molecule has 252 valence electrons. The maximum atomic E-state index is 14.6. The minimum Gasteiger partial charge on any atom is -0.455 e. The molecule has 2 N–H and O–H groups in total. The van der Waals surface area contributed by atoms with Gasteiger partial charge in [0.2, 0.25) is 17.7 Å². The topological polar surface area (TPSA) is 125 Å². The van der Waals surface area contributed by atoms with Gasteiger partial charge in [-0.3, -0.25) is 19.2 Å². The van der Waals surface area contributed by atoms with Crippen LogP contribution in [0.2, 0.25) is 0 Å². The van der Waals surface area contributed by atoms with E-state index >= 15 is 0 Å². The Hall–Kier alpha value is -3.50. The van der Waals surface area contributed by atoms with Crippen LogP contribution in [0.1, 0.15) is 78.4 Å². The monoisotopic (exact) mass is 637 g/mol. The Bertz CT molecular complexity index is 1290. The number of benzene rings is 1. The molecule has 3 aliphatic heterocycles. The third-order valence-corrected chi connectivity index (χ3v) is 10.1. The normalized spacial score (nSPS) is 27.5. The number of hydrogen-bond acceptors (Lipinski definition) is 7. The zero-order valence-corrected chi connectivity index (χ0v) is 27.9. The summed E-state index contributed by atoms with van der Waals surface area (Å²) in [5, 5.41) is 13.5. The molecule has 0 saturated carbocycles. The van der Waals surface area contributed by atoms with Gasteiger partial charge in [-0.05, 0) is 51.5 Å². The number of rotatable bonds is 16. The molecule has 3 aliphatic rings. The predicted molar refractivity (Wildman–Crippen MR) is 174 cm³/mol. The molecule has 1 aromatic carbocycles. The fourth-order valence-electron chi connectivity index (χ4n) is 7.60. The zero-order valence-electron chi connectivity index (χ0n) is 27.9. The highest BCUT2D eigenvalue weighted by atomic mass is 16.6. The van der Waals surface area contributed by atoms with Gasteiger partial charge in [-0.2, -0.15) is 0 Å². The van der Waals surface area contributed by atoms with Gasteiger partial charge in [0.15, 0.2) is 0 Å². The molecule has 3 amide bonds. The van der Waals surface area contributed by atoms with E-state index in [1.165, 1.54) is 4.90 Å². The van der Waals surface area contributed by atoms with E-state index in [0.29, 0.717) is 31.2 Å². The van der Waals surface area contributed by atoms with Crippen molar-refractivity contribution in [1.82, 2.24) is 15.1 Å². The first-order valence-corrected chi connectivity index (χ1v) is 16.6. The van der Waals surface area contributed by atoms with Crippen LogP contribution < -0.4 is 5.32 Å². The van der Waals surface area contributed by atoms with Gasteiger partial charge in [-0.25, -0.2) is 0 Å². The number of esters is 1. The van der Waals surface area contributed by atoms with E-state index in [9.17, 15) is 24.3 Å². The quantitative estimate of drug-likeness (QED) is 0.208. The number of aliphatic hydroxyl groups excluding tert-OH is 1. The van der Waals surface area contributed by atoms with Crippen LogP contribution in [0.15, 0.2) is 55.6 Å². The fourth-order valence-corrected chi connectivity index (χ4v) is 7.60. The van der Waals surface area contributed by atoms with Gasteiger partial charge >= 0.3 is 5.97 Å². The van der Waals surface area contributed by atoms with Crippen LogP contribution in [0.5, 0.6) is 0 Å². The number of nitrogens with zero attached hydrogens (tertiary/aromatic N) is 2. The number of hydrogen-bond donors (Lipinski definition) is 2. The van der Waals surface area contributed by atoms with E-state index < -0.39 is 53.7 Å². The zero-order chi connectivity index (χ0) is 33.8. The van der Waals surface area contributed by atoms with Crippen LogP contribution in [0.3, 0.4) is 0 Å². The maximum absolute atomic E-state index is 14.6. The molecule has 10 nitrogen and oxygen atoms in total. The summed E-state index contributed by atoms with van der Waals surface area (Å²) in [7, 11) is 0. The molecule has 0 aliphatic carbocycles. The standard InChI is InChI=1S/C36H51N3O7/c1-8-11-17-28(41)37-24(7)31(25-15-13-12-14-16-25)45-35(44)29-27-18-19-36(46-27)30(29)33(42)39(26(21-40)23(6)10-3)32(36)34(43)38(20-9-2)22(4)5/h8-9,12-16,22-24,26-27,29-32,40H,1-2,10-11,17-21H2,3-7H3,(H,37,41)/t23-,24-,26-,27+,29-,30-,31-,32+,36-/m0/s1. The molecule has 0 aromatic heterocycles. The van der Waals surface area contributed by atoms with Crippen molar-refractivity contribution in [1.29, 1.82) is 0 Å². The van der Waals surface area contributed by atoms with Gasteiger partial charge < -0.3 is 29.7 Å². The average Bonchev–Trinajstić information content (AvgIpc) is 3.69. The number of aliphatic hydroxyl groups is 1. The largest absolute Gasteiger partial charge is 0.455 e. The second kappa shape index (κ2) is 14.9. The molecule has 9 atom stereocenters. The van der Waals surface area contributed by atoms with Crippen molar-refractivity contribution in [2.24, 2.45) is 17.8 Å². The number of ether oxygens (including phenoxy) is 2. The minimum absolute atomic E-state index is 0.109. The second-order valence-electron chi connectivity index (χ2n) is 13.3. The average molecular weight is 638 g/mol. The lowest BCUT2D eigenvalue weighted by Crippen LogP contribution is -2.60. The van der Waals surface area contributed by atoms with E-state index in [2.05, 4.69) is 18.5 Å². The van der Waals surface area contributed by atoms with Crippen molar-refractivity contribution in [3.8, 4) is 0 Å². The van der Waals surface area contributed by atoms with Gasteiger partial charge in [0.25, 0.3) is 0 Å². The van der Waals surface area contributed by atoms with E-state index in [1.807, 2.05) is 58.0 Å². The van der Waals surface area contributed by atoms with Gasteiger partial charge in [0.05, 0.1) is 36.6 Å². The molecule has 4 rings (SSSR count). The second-order valence-corrected chi connectivity index (χ2v) is 13.3. The van der Waals surface area contributed by atoms with Crippen LogP contribution in [-0.2, 0) is 28.7 Å². The molecular formula is C36H51N3O7. The summed E-state index contributed by atoms with van der Waals surface area (Å²) in [5.74, 6) is -3.44. The number of likely N-dealkylation sites (tertiary alicyclic amines) is 1. The highest BCUT2D eigenvalue weighted by Gasteiger charge is 2.76. The van der Waals surface area contributed by atoms with Crippen molar-refractivity contribution < 1.29 is 33.8 Å². The molecule has 10 heteroatoms. The number of nitrogens with one attached hydrogen (secondary N) is 1. The summed E-state index contributed by atoms with van der Waals surface area (Å²) >= 11 is 0. The number of fused-ring (bicyclic) bond motifs is 1. The van der Waals surface area contributed by atoms with Crippen LogP contribution in [0.25, 0.3) is 0 Å². The Balaban J connectivity index is 1.72. The van der Waals surface area contributed by atoms with E-state index in [4.69, 9.17) is 9.47 Å². The molecule has 0 unspecified atom stereocenters. The lowest BCUT2D eigenvalue weighted by Gasteiger charge is -2.41. The predicted octanol–water partition coefficient (Wildman–Crippen LogP) is 3.95. The van der Waals surface area contributed by atoms with Gasteiger partial charge in [0, 0.05) is 19.0 Å². The fraction of sp³-hybridized carbons (Fsp3) is 0.611. The first-order valence-electron chi connectivity index (χ1n) is 16.6. The van der Waals surface area contributed by atoms with Gasteiger partial charge in [-0.15, -0.1) is 13.2 Å². The summed E-state index contributed by atoms with van der Waals surface area (Å²) < 4.78 is 12.8. The maximum Gasteiger partial charge on any atom is 0.313 e. The number of carbonyl (C=O) groups is 4. The van der Waals surface area contributed by atoms with Crippen LogP contribution in [-0.4, -0.2) is 87.6 Å². The van der Waals surface area contributed by atoms with Gasteiger partial charge in [0.1, 0.15) is 17.7 Å². The highest BCUT2D eigenvalue weighted by molar-refractivity contribution is 5.98. The SMILES string of the molecule is C=CCCC(=O)N[C@@H](C)[C@H](OC(=O)[C@@H]1[C@H]2C(=O)N([C@@H](CO)[C@@H](C)CC)[C@H](C(=O)N(CC=C)C(C)C)[C@]23CC[C@H]1O3)c1ccccc1. The molecule has 1 spiro atoms. The van der Waals surface area contributed by atoms with Crippen LogP contribution in [0, 0.1) is 17.8 Å². The van der Waals surface area contributed by atoms with Crippen molar-refractivity contribution in [2.45, 2.75) is 109 Å². The van der Waals surface area contributed by atoms with E-state index in [1.54, 1.807) is 24.0 Å². The van der Waals surface area contributed by atoms with Crippen molar-refractivity contribution in [3.63, 3.8) is 0 Å². The lowest BCUT2D eigenvalue weighted by atomic mass is 9.70. The third kappa shape index (κ3) is 6.51. The number of allylic oxidation sites excluding steroid dienone is 1. The van der Waals surface area contributed by atoms with Gasteiger partial charge in [-0.1, -0.05) is 62.8 Å². The molecule has 1 aromatic rings. The first-order chi connectivity index (χ1) is 22.0. The summed E-state index contributed by atoms with van der Waals surface area (Å²) in [6.45, 7) is 17.0. The van der Waals surface area contributed by atoms with E-state index in [-0.39, 0.29) is 49.3 Å². The summed E-state index contributed by atoms with van der Waals surface area (Å²) in [4.78, 5) is 59.1. The molecule has 2 bridgehead atoms. The Morgan fingerprint density at radius 3 is 2.46 bits per heavy atom. The Kier molecular flexibility index (Phi) is 11.5. The lowest BCUT2D eigenvalue weighted by molar-refractivity contribution is -0.163. The molecule has 0 radical (unpaired) electrons. The van der Waals surface area contributed by atoms with Crippen LogP contribution in [0.4, 0.5) is 0 Å². The Morgan fingerprint density at radius 1 is 1.17 bits per heavy atom. The molecular weight excluding hydrogens is 586 g/mol. The number of carbonyl (C=O) groups excluding carboxylic acids is 4. The summed E-state index contributed by atoms with van der Waals surface area (Å²) in [6, 6.07) is 6.80. The molecule has 3 fully saturated rings. The van der Waals surface area contributed by atoms with E-state index in [0.717, 1.165) is 0 Å². The molecule has 3 heterocycles. The molecule has 3 saturated heterocycles. The van der Waals surface area contributed by atoms with Crippen molar-refractivity contribution in [2.75, 3.05) is 13.2 Å². The smallest absolute Gasteiger partial charge is 0.313 e. The minimum atomic E-state index is -1.23.